The van der Waals surface area contributed by atoms with Gasteiger partial charge in [0.2, 0.25) is 0 Å². The molecular weight excluding hydrogens is 1170 g/mol. The van der Waals surface area contributed by atoms with E-state index in [0.717, 1.165) is 0 Å². The van der Waals surface area contributed by atoms with Crippen LogP contribution in [-0.4, -0.2) is 0 Å². The minimum atomic E-state index is 1.22. The lowest BCUT2D eigenvalue weighted by molar-refractivity contribution is 1.68. The van der Waals surface area contributed by atoms with Gasteiger partial charge in [-0.05, 0) is 212 Å². The van der Waals surface area contributed by atoms with Gasteiger partial charge in [-0.25, -0.2) is 0 Å². The first-order chi connectivity index (χ1) is 46.6. The van der Waals surface area contributed by atoms with Gasteiger partial charge < -0.3 is 0 Å². The van der Waals surface area contributed by atoms with Gasteiger partial charge in [0.15, 0.2) is 0 Å². The molecule has 0 aliphatic heterocycles. The van der Waals surface area contributed by atoms with Crippen molar-refractivity contribution in [3.63, 3.8) is 0 Å². The average Bonchev–Trinajstić information content (AvgIpc) is 1.55. The zero-order valence-electron chi connectivity index (χ0n) is 50.8. The van der Waals surface area contributed by atoms with E-state index in [0.29, 0.717) is 0 Å². The molecular formula is C92H52S2. The second-order valence-electron chi connectivity index (χ2n) is 25.6. The lowest BCUT2D eigenvalue weighted by Crippen LogP contribution is -1.91. The molecule has 0 atom stereocenters. The van der Waals surface area contributed by atoms with Crippen molar-refractivity contribution in [2.45, 2.75) is 0 Å². The first kappa shape index (κ1) is 52.1. The number of thiophene rings is 2. The molecule has 0 saturated carbocycles. The third kappa shape index (κ3) is 7.49. The molecule has 0 aliphatic rings. The fraction of sp³-hybridized carbons (Fsp3) is 0. The maximum Gasteiger partial charge on any atom is 0.0440 e. The molecule has 432 valence electrons. The highest BCUT2D eigenvalue weighted by Gasteiger charge is 2.24. The van der Waals surface area contributed by atoms with Gasteiger partial charge in [-0.15, -0.1) is 22.7 Å². The number of benzene rings is 19. The summed E-state index contributed by atoms with van der Waals surface area (Å²) < 4.78 is 5.29. The summed E-state index contributed by atoms with van der Waals surface area (Å²) in [4.78, 5) is 0. The number of fused-ring (bicyclic) bond motifs is 24. The molecule has 2 aromatic heterocycles. The molecule has 2 heteroatoms. The topological polar surface area (TPSA) is 0 Å². The zero-order chi connectivity index (χ0) is 61.3. The summed E-state index contributed by atoms with van der Waals surface area (Å²) in [5.74, 6) is 0. The highest BCUT2D eigenvalue weighted by atomic mass is 32.1. The Morgan fingerprint density at radius 1 is 0.160 bits per heavy atom. The van der Waals surface area contributed by atoms with Crippen LogP contribution in [0.4, 0.5) is 0 Å². The van der Waals surface area contributed by atoms with Crippen LogP contribution < -0.4 is 0 Å². The van der Waals surface area contributed by atoms with E-state index < -0.39 is 0 Å². The Morgan fingerprint density at radius 2 is 0.468 bits per heavy atom. The van der Waals surface area contributed by atoms with Crippen LogP contribution in [0.3, 0.4) is 0 Å². The second kappa shape index (κ2) is 20.0. The maximum atomic E-state index is 2.50. The Morgan fingerprint density at radius 3 is 0.947 bits per heavy atom. The zero-order valence-corrected chi connectivity index (χ0v) is 52.5. The minimum Gasteiger partial charge on any atom is -0.135 e. The quantitative estimate of drug-likeness (QED) is 0.119. The third-order valence-corrected chi connectivity index (χ3v) is 23.1. The molecule has 0 amide bonds. The maximum absolute atomic E-state index is 2.50. The Labute approximate surface area is 548 Å². The van der Waals surface area contributed by atoms with Gasteiger partial charge in [-0.2, -0.15) is 0 Å². The lowest BCUT2D eigenvalue weighted by Gasteiger charge is -2.19. The first-order valence-corrected chi connectivity index (χ1v) is 34.2. The van der Waals surface area contributed by atoms with Crippen molar-refractivity contribution < 1.29 is 0 Å². The molecule has 0 N–H and O–H groups in total. The fourth-order valence-corrected chi connectivity index (χ4v) is 19.1. The summed E-state index contributed by atoms with van der Waals surface area (Å²) in [6, 6.07) is 119. The molecule has 0 fully saturated rings. The van der Waals surface area contributed by atoms with Gasteiger partial charge in [0.25, 0.3) is 0 Å². The van der Waals surface area contributed by atoms with Crippen molar-refractivity contribution >= 4 is 182 Å². The van der Waals surface area contributed by atoms with Crippen molar-refractivity contribution in [3.8, 4) is 55.6 Å². The molecule has 0 bridgehead atoms. The van der Waals surface area contributed by atoms with Crippen molar-refractivity contribution in [2.24, 2.45) is 0 Å². The number of rotatable bonds is 5. The Hall–Kier alpha value is -11.5. The average molecular weight is 1220 g/mol. The second-order valence-corrected chi connectivity index (χ2v) is 27.7. The Bertz CT molecular complexity index is 6800. The van der Waals surface area contributed by atoms with Crippen molar-refractivity contribution in [1.82, 2.24) is 0 Å². The van der Waals surface area contributed by atoms with Crippen LogP contribution in [0.1, 0.15) is 0 Å². The van der Waals surface area contributed by atoms with E-state index in [-0.39, 0.29) is 0 Å². The molecule has 19 aromatic carbocycles. The van der Waals surface area contributed by atoms with E-state index in [1.807, 2.05) is 22.7 Å². The van der Waals surface area contributed by atoms with E-state index in [4.69, 9.17) is 0 Å². The third-order valence-electron chi connectivity index (χ3n) is 20.7. The number of hydrogen-bond acceptors (Lipinski definition) is 2. The lowest BCUT2D eigenvalue weighted by atomic mass is 9.84. The van der Waals surface area contributed by atoms with Crippen molar-refractivity contribution in [3.05, 3.63) is 315 Å². The van der Waals surface area contributed by atoms with Crippen LogP contribution >= 0.6 is 22.7 Å². The van der Waals surface area contributed by atoms with Gasteiger partial charge in [0.1, 0.15) is 0 Å². The molecule has 2 heterocycles. The molecule has 21 rings (SSSR count). The molecule has 21 aromatic rings. The highest BCUT2D eigenvalue weighted by molar-refractivity contribution is 7.27. The number of hydrogen-bond donors (Lipinski definition) is 0. The molecule has 0 aliphatic carbocycles. The van der Waals surface area contributed by atoms with Crippen LogP contribution in [0.2, 0.25) is 0 Å². The summed E-state index contributed by atoms with van der Waals surface area (Å²) in [7, 11) is 0. The van der Waals surface area contributed by atoms with Gasteiger partial charge >= 0.3 is 0 Å². The predicted octanol–water partition coefficient (Wildman–Crippen LogP) is 27.4. The van der Waals surface area contributed by atoms with Crippen molar-refractivity contribution in [2.75, 3.05) is 0 Å². The predicted molar refractivity (Wildman–Crippen MR) is 412 cm³/mol. The van der Waals surface area contributed by atoms with Crippen LogP contribution in [0.5, 0.6) is 0 Å². The van der Waals surface area contributed by atoms with Gasteiger partial charge in [-0.1, -0.05) is 267 Å². The molecule has 94 heavy (non-hydrogen) atoms. The molecule has 0 spiro atoms. The van der Waals surface area contributed by atoms with Gasteiger partial charge in [0.05, 0.1) is 0 Å². The summed E-state index contributed by atoms with van der Waals surface area (Å²) in [5, 5.41) is 33.2. The highest BCUT2D eigenvalue weighted by Crippen LogP contribution is 2.52. The first-order valence-electron chi connectivity index (χ1n) is 32.5. The largest absolute Gasteiger partial charge is 0.135 e. The standard InChI is InChI=1S/C92H52S2/c1-2-20-54-47-57(39-37-53(54)19-1)85-69-28-10-12-30-71(69)87(72-31-13-11-29-70(72)85)60-43-46-84-82(52-60)90-68-27-9-6-22-62(68)66-44-41-56(49-80(66)92(90)94-84)78-48-55-38-40-58(50-79(55)65-25-4-3-24-64(65)78)86-73-32-14-16-34-75(73)88(76-35-17-15-33-74(76)86)59-42-45-83-81(51-59)89-67-26-8-5-21-61(67)63-23-7-18-36-77(63)91(89)93-83/h1-52H. The van der Waals surface area contributed by atoms with Crippen LogP contribution in [-0.2, 0) is 0 Å². The van der Waals surface area contributed by atoms with Crippen molar-refractivity contribution in [1.29, 1.82) is 0 Å². The summed E-state index contributed by atoms with van der Waals surface area (Å²) in [5.41, 5.74) is 12.5. The normalized spacial score (nSPS) is 12.3. The SMILES string of the molecule is c1ccc2cc(-c3c4ccccc4c(-c4ccc5sc6c7cc(-c8cc9ccc(-c%10c%11ccccc%11c(-c%11ccc%12sc%13c%14ccccc%14c%14ccccc%14c%13c%12c%11)c%11ccccc%10%11)cc9c9ccccc89)ccc7c7ccccc7c6c5c4)c4ccccc34)ccc2c1. The van der Waals surface area contributed by atoms with E-state index in [2.05, 4.69) is 315 Å². The van der Waals surface area contributed by atoms with Crippen LogP contribution in [0.25, 0.3) is 214 Å². The fourth-order valence-electron chi connectivity index (χ4n) is 16.7. The molecule has 0 saturated heterocycles. The monoisotopic (exact) mass is 1220 g/mol. The van der Waals surface area contributed by atoms with E-state index in [9.17, 15) is 0 Å². The van der Waals surface area contributed by atoms with E-state index in [1.54, 1.807) is 0 Å². The van der Waals surface area contributed by atoms with Gasteiger partial charge in [0, 0.05) is 51.1 Å². The minimum absolute atomic E-state index is 1.22. The van der Waals surface area contributed by atoms with E-state index >= 15 is 0 Å². The smallest absolute Gasteiger partial charge is 0.0440 e. The molecule has 0 radical (unpaired) electrons. The van der Waals surface area contributed by atoms with Crippen LogP contribution in [0, 0.1) is 0 Å². The molecule has 0 nitrogen and oxygen atoms in total. The Kier molecular flexibility index (Phi) is 11.1. The molecule has 0 unspecified atom stereocenters. The van der Waals surface area contributed by atoms with E-state index in [1.165, 1.54) is 214 Å². The Balaban J connectivity index is 0.719. The summed E-state index contributed by atoms with van der Waals surface area (Å²) >= 11 is 3.85. The summed E-state index contributed by atoms with van der Waals surface area (Å²) in [6.45, 7) is 0. The van der Waals surface area contributed by atoms with Crippen LogP contribution in [0.15, 0.2) is 315 Å². The van der Waals surface area contributed by atoms with Gasteiger partial charge in [-0.3, -0.25) is 0 Å². The summed E-state index contributed by atoms with van der Waals surface area (Å²) in [6.07, 6.45) is 0.